The third kappa shape index (κ3) is 9.09. The van der Waals surface area contributed by atoms with Crippen LogP contribution in [0.4, 0.5) is 0 Å². The van der Waals surface area contributed by atoms with Gasteiger partial charge in [-0.15, -0.1) is 0 Å². The van der Waals surface area contributed by atoms with Crippen molar-refractivity contribution in [3.05, 3.63) is 0 Å². The summed E-state index contributed by atoms with van der Waals surface area (Å²) in [7, 11) is 8.73. The summed E-state index contributed by atoms with van der Waals surface area (Å²) in [5, 5.41) is 7.27. The summed E-state index contributed by atoms with van der Waals surface area (Å²) >= 11 is 0. The largest absolute Gasteiger partial charge is 0.317 e. The zero-order valence-corrected chi connectivity index (χ0v) is 11.8. The lowest BCUT2D eigenvalue weighted by molar-refractivity contribution is -0.996. The molecule has 16 heavy (non-hydrogen) atoms. The van der Waals surface area contributed by atoms with E-state index in [9.17, 15) is 0 Å². The summed E-state index contributed by atoms with van der Waals surface area (Å²) in [5.74, 6) is 0. The van der Waals surface area contributed by atoms with Gasteiger partial charge in [0, 0.05) is 26.6 Å². The summed E-state index contributed by atoms with van der Waals surface area (Å²) in [6.07, 6.45) is 2.49. The van der Waals surface area contributed by atoms with Crippen molar-refractivity contribution < 1.29 is 5.01 Å². The van der Waals surface area contributed by atoms with Gasteiger partial charge in [-0.1, -0.05) is 6.92 Å². The van der Waals surface area contributed by atoms with E-state index in [2.05, 4.69) is 50.3 Å². The maximum atomic E-state index is 3.36. The predicted molar refractivity (Wildman–Crippen MR) is 70.7 cm³/mol. The lowest BCUT2D eigenvalue weighted by Crippen LogP contribution is -3.15. The number of hydrogen-bond donors (Lipinski definition) is 2. The molecule has 0 bridgehead atoms. The second-order valence-electron chi connectivity index (χ2n) is 4.77. The van der Waals surface area contributed by atoms with E-state index in [1.165, 1.54) is 37.5 Å². The Kier molecular flexibility index (Phi) is 9.92. The summed E-state index contributed by atoms with van der Waals surface area (Å²) in [6, 6.07) is 0. The first-order chi connectivity index (χ1) is 7.57. The number of nitrogens with zero attached hydrogens (tertiary/aromatic N) is 2. The van der Waals surface area contributed by atoms with Gasteiger partial charge in [-0.3, -0.25) is 5.01 Å². The van der Waals surface area contributed by atoms with Crippen molar-refractivity contribution in [2.24, 2.45) is 0 Å². The van der Waals surface area contributed by atoms with E-state index in [1.807, 2.05) is 0 Å². The molecule has 0 heterocycles. The molecule has 0 aromatic carbocycles. The van der Waals surface area contributed by atoms with Crippen molar-refractivity contribution >= 4 is 0 Å². The first-order valence-corrected chi connectivity index (χ1v) is 6.47. The quantitative estimate of drug-likeness (QED) is 0.384. The van der Waals surface area contributed by atoms with Crippen LogP contribution in [0, 0.1) is 0 Å². The van der Waals surface area contributed by atoms with Crippen LogP contribution in [0.2, 0.25) is 0 Å². The minimum absolute atomic E-state index is 1.08. The second kappa shape index (κ2) is 10.0. The Morgan fingerprint density at radius 1 is 1.06 bits per heavy atom. The molecule has 1 unspecified atom stereocenters. The Morgan fingerprint density at radius 2 is 1.75 bits per heavy atom. The number of quaternary nitrogens is 1. The van der Waals surface area contributed by atoms with Gasteiger partial charge in [-0.2, -0.15) is 5.01 Å². The molecule has 0 saturated heterocycles. The van der Waals surface area contributed by atoms with Crippen LogP contribution in [0.3, 0.4) is 0 Å². The standard InChI is InChI=1S/C12H30N4/c1-6-13-9-7-11-15(4)16(5)12-8-10-14(2)3/h13H,6-12H2,1-5H3/p+1. The van der Waals surface area contributed by atoms with Gasteiger partial charge in [0.2, 0.25) is 0 Å². The van der Waals surface area contributed by atoms with Crippen LogP contribution in [-0.4, -0.2) is 70.8 Å². The van der Waals surface area contributed by atoms with Crippen LogP contribution >= 0.6 is 0 Å². The molecule has 0 amide bonds. The molecule has 0 aromatic heterocycles. The summed E-state index contributed by atoms with van der Waals surface area (Å²) in [4.78, 5) is 2.25. The Balaban J connectivity index is 3.45. The fourth-order valence-electron chi connectivity index (χ4n) is 1.65. The van der Waals surface area contributed by atoms with Gasteiger partial charge in [0.25, 0.3) is 0 Å². The van der Waals surface area contributed by atoms with E-state index >= 15 is 0 Å². The number of nitrogens with one attached hydrogen (secondary N) is 2. The predicted octanol–water partition coefficient (Wildman–Crippen LogP) is -0.701. The van der Waals surface area contributed by atoms with Crippen LogP contribution in [0.1, 0.15) is 19.8 Å². The normalized spacial score (nSPS) is 13.7. The molecule has 0 aliphatic rings. The molecule has 0 saturated carbocycles. The van der Waals surface area contributed by atoms with Gasteiger partial charge in [0.15, 0.2) is 0 Å². The number of rotatable bonds is 10. The molecule has 0 aromatic rings. The zero-order chi connectivity index (χ0) is 12.4. The molecule has 4 nitrogen and oxygen atoms in total. The second-order valence-corrected chi connectivity index (χ2v) is 4.77. The highest BCUT2D eigenvalue weighted by Crippen LogP contribution is 1.81. The highest BCUT2D eigenvalue weighted by atomic mass is 15.6. The molecule has 0 aliphatic heterocycles. The fraction of sp³-hybridized carbons (Fsp3) is 1.00. The van der Waals surface area contributed by atoms with Crippen LogP contribution in [0.5, 0.6) is 0 Å². The lowest BCUT2D eigenvalue weighted by atomic mass is 10.4. The Labute approximate surface area is 102 Å². The molecular weight excluding hydrogens is 200 g/mol. The van der Waals surface area contributed by atoms with Crippen molar-refractivity contribution in [3.8, 4) is 0 Å². The van der Waals surface area contributed by atoms with Crippen LogP contribution in [-0.2, 0) is 0 Å². The smallest absolute Gasteiger partial charge is 0.0957 e. The van der Waals surface area contributed by atoms with E-state index < -0.39 is 0 Å². The molecular formula is C12H31N4+. The zero-order valence-electron chi connectivity index (χ0n) is 11.8. The van der Waals surface area contributed by atoms with Gasteiger partial charge in [-0.25, -0.2) is 0 Å². The molecule has 2 N–H and O–H groups in total. The summed E-state index contributed by atoms with van der Waals surface area (Å²) < 4.78 is 0. The Hall–Kier alpha value is -0.160. The molecule has 98 valence electrons. The molecule has 1 atom stereocenters. The molecule has 0 rings (SSSR count). The number of hydrogen-bond acceptors (Lipinski definition) is 3. The van der Waals surface area contributed by atoms with Crippen LogP contribution in [0.25, 0.3) is 0 Å². The van der Waals surface area contributed by atoms with Crippen molar-refractivity contribution in [1.82, 2.24) is 15.2 Å². The van der Waals surface area contributed by atoms with Crippen LogP contribution < -0.4 is 10.3 Å². The maximum absolute atomic E-state index is 3.36. The first kappa shape index (κ1) is 15.8. The molecule has 0 fully saturated rings. The van der Waals surface area contributed by atoms with Gasteiger partial charge in [0.1, 0.15) is 0 Å². The topological polar surface area (TPSA) is 23.0 Å². The Morgan fingerprint density at radius 3 is 2.31 bits per heavy atom. The maximum Gasteiger partial charge on any atom is 0.0957 e. The van der Waals surface area contributed by atoms with Crippen molar-refractivity contribution in [1.29, 1.82) is 0 Å². The van der Waals surface area contributed by atoms with Gasteiger partial charge in [-0.05, 0) is 33.6 Å². The Bertz CT molecular complexity index is 150. The highest BCUT2D eigenvalue weighted by molar-refractivity contribution is 4.46. The molecule has 4 heteroatoms. The SMILES string of the molecule is CCNCCCN(C)[NH+](C)CCCN(C)C. The highest BCUT2D eigenvalue weighted by Gasteiger charge is 2.08. The van der Waals surface area contributed by atoms with Gasteiger partial charge in [0.05, 0.1) is 13.6 Å². The molecule has 0 aliphatic carbocycles. The van der Waals surface area contributed by atoms with E-state index in [4.69, 9.17) is 0 Å². The summed E-state index contributed by atoms with van der Waals surface area (Å²) in [6.45, 7) is 7.93. The average Bonchev–Trinajstić information content (AvgIpc) is 2.23. The minimum atomic E-state index is 1.08. The average molecular weight is 231 g/mol. The van der Waals surface area contributed by atoms with E-state index in [0.29, 0.717) is 0 Å². The third-order valence-corrected chi connectivity index (χ3v) is 2.89. The van der Waals surface area contributed by atoms with E-state index in [0.717, 1.165) is 13.1 Å². The molecule has 0 radical (unpaired) electrons. The third-order valence-electron chi connectivity index (χ3n) is 2.89. The fourth-order valence-corrected chi connectivity index (χ4v) is 1.65. The van der Waals surface area contributed by atoms with Crippen molar-refractivity contribution in [2.45, 2.75) is 19.8 Å². The lowest BCUT2D eigenvalue weighted by Gasteiger charge is -2.24. The monoisotopic (exact) mass is 231 g/mol. The van der Waals surface area contributed by atoms with Gasteiger partial charge < -0.3 is 10.2 Å². The van der Waals surface area contributed by atoms with Crippen molar-refractivity contribution in [2.75, 3.05) is 60.9 Å². The van der Waals surface area contributed by atoms with Crippen molar-refractivity contribution in [3.63, 3.8) is 0 Å². The molecule has 0 spiro atoms. The minimum Gasteiger partial charge on any atom is -0.317 e. The van der Waals surface area contributed by atoms with Crippen LogP contribution in [0.15, 0.2) is 0 Å². The van der Waals surface area contributed by atoms with E-state index in [1.54, 1.807) is 0 Å². The first-order valence-electron chi connectivity index (χ1n) is 6.47. The van der Waals surface area contributed by atoms with Gasteiger partial charge >= 0.3 is 0 Å². The van der Waals surface area contributed by atoms with E-state index in [-0.39, 0.29) is 0 Å². The summed E-state index contributed by atoms with van der Waals surface area (Å²) in [5.41, 5.74) is 0.